The maximum Gasteiger partial charge on any atom is 0.240 e. The minimum absolute atomic E-state index is 0.259. The zero-order valence-electron chi connectivity index (χ0n) is 13.4. The fraction of sp³-hybridized carbons (Fsp3) is 0.263. The van der Waals surface area contributed by atoms with E-state index >= 15 is 0 Å². The van der Waals surface area contributed by atoms with Gasteiger partial charge >= 0.3 is 0 Å². The van der Waals surface area contributed by atoms with E-state index in [4.69, 9.17) is 0 Å². The topological polar surface area (TPSA) is 58.2 Å². The first-order valence-electron chi connectivity index (χ1n) is 7.91. The summed E-state index contributed by atoms with van der Waals surface area (Å²) < 4.78 is 12.9. The van der Waals surface area contributed by atoms with Crippen molar-refractivity contribution >= 4 is 17.5 Å². The summed E-state index contributed by atoms with van der Waals surface area (Å²) in [6, 6.07) is 13.3. The van der Waals surface area contributed by atoms with E-state index in [1.165, 1.54) is 24.3 Å². The van der Waals surface area contributed by atoms with E-state index in [1.54, 1.807) is 0 Å². The van der Waals surface area contributed by atoms with E-state index in [9.17, 15) is 14.0 Å². The summed E-state index contributed by atoms with van der Waals surface area (Å²) >= 11 is 0. The van der Waals surface area contributed by atoms with Crippen LogP contribution in [0.4, 0.5) is 10.1 Å². The molecule has 0 aromatic heterocycles. The molecular formula is C19H19FN2O2. The van der Waals surface area contributed by atoms with Gasteiger partial charge in [-0.15, -0.1) is 0 Å². The van der Waals surface area contributed by atoms with Crippen LogP contribution in [0.15, 0.2) is 48.5 Å². The van der Waals surface area contributed by atoms with Gasteiger partial charge in [0.1, 0.15) is 11.2 Å². The summed E-state index contributed by atoms with van der Waals surface area (Å²) in [5.74, 6) is -0.966. The largest absolute Gasteiger partial charge is 0.351 e. The summed E-state index contributed by atoms with van der Waals surface area (Å²) in [4.78, 5) is 24.9. The number of rotatable bonds is 5. The summed E-state index contributed by atoms with van der Waals surface area (Å²) in [5.41, 5.74) is 1.61. The molecule has 0 spiro atoms. The molecule has 2 aromatic carbocycles. The van der Waals surface area contributed by atoms with E-state index < -0.39 is 5.41 Å². The lowest BCUT2D eigenvalue weighted by atomic mass is 10.0. The highest BCUT2D eigenvalue weighted by molar-refractivity contribution is 6.13. The van der Waals surface area contributed by atoms with Gasteiger partial charge in [-0.1, -0.05) is 24.3 Å². The summed E-state index contributed by atoms with van der Waals surface area (Å²) in [6.07, 6.45) is 1.05. The quantitative estimate of drug-likeness (QED) is 0.829. The van der Waals surface area contributed by atoms with Crippen molar-refractivity contribution < 1.29 is 14.0 Å². The van der Waals surface area contributed by atoms with Crippen LogP contribution in [-0.2, 0) is 16.1 Å². The van der Waals surface area contributed by atoms with Crippen molar-refractivity contribution in [1.82, 2.24) is 5.32 Å². The molecule has 2 N–H and O–H groups in total. The Morgan fingerprint density at radius 1 is 1.04 bits per heavy atom. The normalized spacial score (nSPS) is 14.8. The van der Waals surface area contributed by atoms with Crippen molar-refractivity contribution in [3.8, 4) is 0 Å². The van der Waals surface area contributed by atoms with Gasteiger partial charge in [-0.2, -0.15) is 0 Å². The average molecular weight is 326 g/mol. The molecule has 2 amide bonds. The van der Waals surface area contributed by atoms with Gasteiger partial charge in [0.15, 0.2) is 0 Å². The number of amides is 2. The fourth-order valence-electron chi connectivity index (χ4n) is 2.62. The standard InChI is InChI=1S/C19H19FN2O2/c1-13-4-2-3-5-14(13)12-21-17(23)19(10-11-19)18(24)22-16-8-6-15(20)7-9-16/h2-9H,10-12H2,1H3,(H,21,23)(H,22,24). The van der Waals surface area contributed by atoms with Gasteiger partial charge in [0, 0.05) is 12.2 Å². The molecule has 0 atom stereocenters. The molecule has 0 radical (unpaired) electrons. The Morgan fingerprint density at radius 2 is 1.71 bits per heavy atom. The van der Waals surface area contributed by atoms with E-state index in [0.29, 0.717) is 25.1 Å². The Labute approximate surface area is 140 Å². The number of aryl methyl sites for hydroxylation is 1. The number of halogens is 1. The smallest absolute Gasteiger partial charge is 0.240 e. The minimum Gasteiger partial charge on any atom is -0.351 e. The van der Waals surface area contributed by atoms with Crippen LogP contribution in [-0.4, -0.2) is 11.8 Å². The molecule has 24 heavy (non-hydrogen) atoms. The van der Waals surface area contributed by atoms with Gasteiger partial charge in [0.25, 0.3) is 0 Å². The van der Waals surface area contributed by atoms with E-state index in [2.05, 4.69) is 10.6 Å². The van der Waals surface area contributed by atoms with Gasteiger partial charge < -0.3 is 10.6 Å². The maximum absolute atomic E-state index is 12.9. The highest BCUT2D eigenvalue weighted by Crippen LogP contribution is 2.46. The first kappa shape index (κ1) is 16.2. The van der Waals surface area contributed by atoms with Crippen LogP contribution < -0.4 is 10.6 Å². The third-order valence-corrected chi connectivity index (χ3v) is 4.42. The lowest BCUT2D eigenvalue weighted by Gasteiger charge is -2.16. The highest BCUT2D eigenvalue weighted by atomic mass is 19.1. The van der Waals surface area contributed by atoms with Gasteiger partial charge in [0.2, 0.25) is 11.8 Å². The second kappa shape index (κ2) is 6.43. The molecule has 3 rings (SSSR count). The molecule has 1 aliphatic carbocycles. The number of carbonyl (C=O) groups excluding carboxylic acids is 2. The van der Waals surface area contributed by atoms with Crippen molar-refractivity contribution in [2.75, 3.05) is 5.32 Å². The van der Waals surface area contributed by atoms with Crippen LogP contribution in [0.25, 0.3) is 0 Å². The molecule has 1 fully saturated rings. The number of hydrogen-bond acceptors (Lipinski definition) is 2. The lowest BCUT2D eigenvalue weighted by molar-refractivity contribution is -0.134. The van der Waals surface area contributed by atoms with E-state index in [-0.39, 0.29) is 17.6 Å². The molecule has 0 heterocycles. The fourth-order valence-corrected chi connectivity index (χ4v) is 2.62. The summed E-state index contributed by atoms with van der Waals surface area (Å²) in [7, 11) is 0. The first-order valence-corrected chi connectivity index (χ1v) is 7.91. The van der Waals surface area contributed by atoms with Crippen LogP contribution >= 0.6 is 0 Å². The zero-order chi connectivity index (χ0) is 17.2. The number of anilines is 1. The summed E-state index contributed by atoms with van der Waals surface area (Å²) in [6.45, 7) is 2.38. The zero-order valence-corrected chi connectivity index (χ0v) is 13.4. The number of carbonyl (C=O) groups is 2. The number of hydrogen-bond donors (Lipinski definition) is 2. The Hall–Kier alpha value is -2.69. The van der Waals surface area contributed by atoms with E-state index in [1.807, 2.05) is 31.2 Å². The molecular weight excluding hydrogens is 307 g/mol. The Balaban J connectivity index is 1.62. The van der Waals surface area contributed by atoms with Crippen molar-refractivity contribution in [2.24, 2.45) is 5.41 Å². The van der Waals surface area contributed by atoms with Crippen LogP contribution in [0.1, 0.15) is 24.0 Å². The summed E-state index contributed by atoms with van der Waals surface area (Å²) in [5, 5.41) is 5.55. The highest BCUT2D eigenvalue weighted by Gasteiger charge is 2.56. The Morgan fingerprint density at radius 3 is 2.33 bits per heavy atom. The second-order valence-corrected chi connectivity index (χ2v) is 6.15. The average Bonchev–Trinajstić information content (AvgIpc) is 3.38. The van der Waals surface area contributed by atoms with Gasteiger partial charge in [-0.3, -0.25) is 9.59 Å². The molecule has 4 nitrogen and oxygen atoms in total. The Bertz CT molecular complexity index is 767. The molecule has 0 unspecified atom stereocenters. The monoisotopic (exact) mass is 326 g/mol. The molecule has 5 heteroatoms. The lowest BCUT2D eigenvalue weighted by Crippen LogP contribution is -2.39. The van der Waals surface area contributed by atoms with Crippen molar-refractivity contribution in [3.05, 3.63) is 65.5 Å². The predicted octanol–water partition coefficient (Wildman–Crippen LogP) is 3.17. The molecule has 0 bridgehead atoms. The van der Waals surface area contributed by atoms with E-state index in [0.717, 1.165) is 11.1 Å². The molecule has 0 saturated heterocycles. The van der Waals surface area contributed by atoms with Crippen molar-refractivity contribution in [3.63, 3.8) is 0 Å². The van der Waals surface area contributed by atoms with Crippen LogP contribution in [0.2, 0.25) is 0 Å². The molecule has 0 aliphatic heterocycles. The second-order valence-electron chi connectivity index (χ2n) is 6.15. The minimum atomic E-state index is -1.00. The third kappa shape index (κ3) is 3.30. The van der Waals surface area contributed by atoms with Crippen LogP contribution in [0.5, 0.6) is 0 Å². The van der Waals surface area contributed by atoms with Crippen LogP contribution in [0, 0.1) is 18.2 Å². The number of benzene rings is 2. The number of nitrogens with one attached hydrogen (secondary N) is 2. The van der Waals surface area contributed by atoms with Gasteiger partial charge in [0.05, 0.1) is 0 Å². The predicted molar refractivity (Wildman–Crippen MR) is 89.7 cm³/mol. The SMILES string of the molecule is Cc1ccccc1CNC(=O)C1(C(=O)Nc2ccc(F)cc2)CC1. The van der Waals surface area contributed by atoms with Crippen molar-refractivity contribution in [2.45, 2.75) is 26.3 Å². The van der Waals surface area contributed by atoms with Gasteiger partial charge in [-0.25, -0.2) is 4.39 Å². The molecule has 1 aliphatic rings. The maximum atomic E-state index is 12.9. The first-order chi connectivity index (χ1) is 11.5. The van der Waals surface area contributed by atoms with Crippen molar-refractivity contribution in [1.29, 1.82) is 0 Å². The molecule has 2 aromatic rings. The van der Waals surface area contributed by atoms with Crippen LogP contribution in [0.3, 0.4) is 0 Å². The third-order valence-electron chi connectivity index (χ3n) is 4.42. The molecule has 1 saturated carbocycles. The molecule has 124 valence electrons. The van der Waals surface area contributed by atoms with Gasteiger partial charge in [-0.05, 0) is 55.2 Å². The Kier molecular flexibility index (Phi) is 4.34.